The van der Waals surface area contributed by atoms with Crippen molar-refractivity contribution in [3.8, 4) is 0 Å². The monoisotopic (exact) mass is 345 g/mol. The predicted molar refractivity (Wildman–Crippen MR) is 75.8 cm³/mol. The lowest BCUT2D eigenvalue weighted by molar-refractivity contribution is -0.138. The number of hydrogen-bond donors (Lipinski definition) is 2. The van der Waals surface area contributed by atoms with Crippen LogP contribution in [0.1, 0.15) is 11.1 Å². The zero-order valence-electron chi connectivity index (χ0n) is 10.4. The van der Waals surface area contributed by atoms with Gasteiger partial charge in [0.15, 0.2) is 0 Å². The zero-order valence-corrected chi connectivity index (χ0v) is 12.0. The van der Waals surface area contributed by atoms with E-state index in [0.717, 1.165) is 6.07 Å². The van der Waals surface area contributed by atoms with Crippen LogP contribution in [-0.2, 0) is 6.18 Å². The van der Waals surface area contributed by atoms with E-state index in [2.05, 4.69) is 26.2 Å². The van der Waals surface area contributed by atoms with Gasteiger partial charge in [-0.05, 0) is 40.5 Å². The van der Waals surface area contributed by atoms with Gasteiger partial charge in [-0.25, -0.2) is 0 Å². The highest BCUT2D eigenvalue weighted by molar-refractivity contribution is 9.10. The minimum Gasteiger partial charge on any atom is -0.396 e. The standard InChI is InChI=1S/C13H11BrF3N3/c1-7-2-3-8(4-9(7)13(15,16)17)20-12-10(14)5-19-6-11(12)18/h2-6H,18H2,1H3,(H,19,20). The van der Waals surface area contributed by atoms with Crippen LogP contribution in [0.5, 0.6) is 0 Å². The minimum atomic E-state index is -4.39. The van der Waals surface area contributed by atoms with Gasteiger partial charge in [-0.3, -0.25) is 4.98 Å². The molecule has 1 aromatic heterocycles. The van der Waals surface area contributed by atoms with Crippen molar-refractivity contribution in [1.82, 2.24) is 4.98 Å². The van der Waals surface area contributed by atoms with Crippen molar-refractivity contribution in [3.05, 3.63) is 46.2 Å². The van der Waals surface area contributed by atoms with E-state index in [0.29, 0.717) is 21.5 Å². The van der Waals surface area contributed by atoms with Gasteiger partial charge >= 0.3 is 6.18 Å². The second-order valence-electron chi connectivity index (χ2n) is 4.24. The number of alkyl halides is 3. The number of rotatable bonds is 2. The van der Waals surface area contributed by atoms with Gasteiger partial charge in [-0.2, -0.15) is 13.2 Å². The first-order chi connectivity index (χ1) is 9.29. The molecule has 0 radical (unpaired) electrons. The van der Waals surface area contributed by atoms with Crippen LogP contribution in [0.4, 0.5) is 30.2 Å². The van der Waals surface area contributed by atoms with Crippen molar-refractivity contribution in [3.63, 3.8) is 0 Å². The molecule has 0 bridgehead atoms. The van der Waals surface area contributed by atoms with Crippen LogP contribution in [0.2, 0.25) is 0 Å². The third-order valence-electron chi connectivity index (χ3n) is 2.74. The smallest absolute Gasteiger partial charge is 0.396 e. The van der Waals surface area contributed by atoms with Gasteiger partial charge < -0.3 is 11.1 Å². The molecule has 0 aliphatic carbocycles. The van der Waals surface area contributed by atoms with E-state index in [9.17, 15) is 13.2 Å². The van der Waals surface area contributed by atoms with Gasteiger partial charge in [-0.15, -0.1) is 0 Å². The second kappa shape index (κ2) is 5.32. The summed E-state index contributed by atoms with van der Waals surface area (Å²) in [4.78, 5) is 3.87. The normalized spacial score (nSPS) is 11.4. The molecule has 3 N–H and O–H groups in total. The summed E-state index contributed by atoms with van der Waals surface area (Å²) in [5, 5.41) is 2.87. The summed E-state index contributed by atoms with van der Waals surface area (Å²) in [5.41, 5.74) is 6.37. The van der Waals surface area contributed by atoms with Crippen LogP contribution in [0.15, 0.2) is 35.1 Å². The number of halogens is 4. The Hall–Kier alpha value is -1.76. The molecule has 2 aromatic rings. The molecule has 0 aliphatic rings. The van der Waals surface area contributed by atoms with Crippen LogP contribution in [0.25, 0.3) is 0 Å². The number of benzene rings is 1. The van der Waals surface area contributed by atoms with E-state index >= 15 is 0 Å². The molecule has 20 heavy (non-hydrogen) atoms. The Kier molecular flexibility index (Phi) is 3.89. The topological polar surface area (TPSA) is 50.9 Å². The minimum absolute atomic E-state index is 0.171. The van der Waals surface area contributed by atoms with Gasteiger partial charge in [-0.1, -0.05) is 6.07 Å². The Morgan fingerprint density at radius 1 is 1.25 bits per heavy atom. The zero-order chi connectivity index (χ0) is 14.9. The molecule has 0 unspecified atom stereocenters. The molecule has 0 fully saturated rings. The van der Waals surface area contributed by atoms with Gasteiger partial charge in [0, 0.05) is 11.9 Å². The number of aromatic nitrogens is 1. The summed E-state index contributed by atoms with van der Waals surface area (Å²) in [5.74, 6) is 0. The summed E-state index contributed by atoms with van der Waals surface area (Å²) in [7, 11) is 0. The Labute approximate surface area is 122 Å². The molecule has 0 aliphatic heterocycles. The average molecular weight is 346 g/mol. The molecule has 106 valence electrons. The van der Waals surface area contributed by atoms with Crippen molar-refractivity contribution < 1.29 is 13.2 Å². The van der Waals surface area contributed by atoms with Crippen molar-refractivity contribution in [2.75, 3.05) is 11.1 Å². The lowest BCUT2D eigenvalue weighted by Crippen LogP contribution is -2.08. The number of nitrogen functional groups attached to an aromatic ring is 1. The first-order valence-corrected chi connectivity index (χ1v) is 6.42. The number of nitrogens with zero attached hydrogens (tertiary/aromatic N) is 1. The number of nitrogens with one attached hydrogen (secondary N) is 1. The Morgan fingerprint density at radius 2 is 1.95 bits per heavy atom. The Balaban J connectivity index is 2.40. The molecule has 0 saturated carbocycles. The maximum absolute atomic E-state index is 12.9. The molecule has 0 amide bonds. The third kappa shape index (κ3) is 3.04. The lowest BCUT2D eigenvalue weighted by Gasteiger charge is -2.15. The Bertz CT molecular complexity index is 621. The summed E-state index contributed by atoms with van der Waals surface area (Å²) < 4.78 is 39.1. The lowest BCUT2D eigenvalue weighted by atomic mass is 10.1. The molecule has 1 aromatic carbocycles. The van der Waals surface area contributed by atoms with Gasteiger partial charge in [0.25, 0.3) is 0 Å². The molecule has 0 saturated heterocycles. The highest BCUT2D eigenvalue weighted by Gasteiger charge is 2.32. The van der Waals surface area contributed by atoms with E-state index in [-0.39, 0.29) is 5.56 Å². The second-order valence-corrected chi connectivity index (χ2v) is 5.09. The van der Waals surface area contributed by atoms with Crippen molar-refractivity contribution in [2.24, 2.45) is 0 Å². The largest absolute Gasteiger partial charge is 0.416 e. The van der Waals surface area contributed by atoms with Crippen molar-refractivity contribution >= 4 is 33.0 Å². The van der Waals surface area contributed by atoms with Crippen LogP contribution >= 0.6 is 15.9 Å². The van der Waals surface area contributed by atoms with Gasteiger partial charge in [0.1, 0.15) is 0 Å². The molecular formula is C13H11BrF3N3. The summed E-state index contributed by atoms with van der Waals surface area (Å²) in [6, 6.07) is 4.04. The number of hydrogen-bond acceptors (Lipinski definition) is 3. The molecule has 0 atom stereocenters. The van der Waals surface area contributed by atoms with Crippen LogP contribution in [0.3, 0.4) is 0 Å². The maximum Gasteiger partial charge on any atom is 0.416 e. The van der Waals surface area contributed by atoms with Crippen LogP contribution in [0, 0.1) is 6.92 Å². The average Bonchev–Trinajstić information content (AvgIpc) is 2.34. The third-order valence-corrected chi connectivity index (χ3v) is 3.34. The highest BCUT2D eigenvalue weighted by Crippen LogP contribution is 2.35. The van der Waals surface area contributed by atoms with E-state index in [1.54, 1.807) is 6.07 Å². The number of nitrogens with two attached hydrogens (primary N) is 1. The molecule has 3 nitrogen and oxygen atoms in total. The van der Waals surface area contributed by atoms with Crippen molar-refractivity contribution in [2.45, 2.75) is 13.1 Å². The fourth-order valence-electron chi connectivity index (χ4n) is 1.73. The summed E-state index contributed by atoms with van der Waals surface area (Å²) >= 11 is 3.25. The van der Waals surface area contributed by atoms with Crippen molar-refractivity contribution in [1.29, 1.82) is 0 Å². The van der Waals surface area contributed by atoms with E-state index in [1.165, 1.54) is 25.4 Å². The molecule has 1 heterocycles. The van der Waals surface area contributed by atoms with Gasteiger partial charge in [0.2, 0.25) is 0 Å². The fraction of sp³-hybridized carbons (Fsp3) is 0.154. The molecule has 0 spiro atoms. The van der Waals surface area contributed by atoms with Crippen LogP contribution in [-0.4, -0.2) is 4.98 Å². The fourth-order valence-corrected chi connectivity index (χ4v) is 2.18. The predicted octanol–water partition coefficient (Wildman–Crippen LogP) is 4.50. The highest BCUT2D eigenvalue weighted by atomic mass is 79.9. The van der Waals surface area contributed by atoms with Crippen LogP contribution < -0.4 is 11.1 Å². The maximum atomic E-state index is 12.9. The quantitative estimate of drug-likeness (QED) is 0.842. The van der Waals surface area contributed by atoms with E-state index in [4.69, 9.17) is 5.73 Å². The summed E-state index contributed by atoms with van der Waals surface area (Å²) in [6.45, 7) is 1.42. The number of pyridine rings is 1. The molecule has 7 heteroatoms. The first kappa shape index (κ1) is 14.6. The summed E-state index contributed by atoms with van der Waals surface area (Å²) in [6.07, 6.45) is -1.45. The Morgan fingerprint density at radius 3 is 2.55 bits per heavy atom. The SMILES string of the molecule is Cc1ccc(Nc2c(N)cncc2Br)cc1C(F)(F)F. The number of anilines is 3. The molecule has 2 rings (SSSR count). The van der Waals surface area contributed by atoms with E-state index in [1.807, 2.05) is 0 Å². The van der Waals surface area contributed by atoms with E-state index < -0.39 is 11.7 Å². The first-order valence-electron chi connectivity index (χ1n) is 5.63. The van der Waals surface area contributed by atoms with Gasteiger partial charge in [0.05, 0.1) is 27.6 Å². The number of aryl methyl sites for hydroxylation is 1. The molecular weight excluding hydrogens is 335 g/mol.